The fraction of sp³-hybridized carbons (Fsp3) is 0.240. The maximum atomic E-state index is 13.0. The second-order valence-corrected chi connectivity index (χ2v) is 7.69. The van der Waals surface area contributed by atoms with E-state index in [1.165, 1.54) is 0 Å². The molecule has 3 rings (SSSR count). The van der Waals surface area contributed by atoms with Crippen molar-refractivity contribution in [3.8, 4) is 5.75 Å². The van der Waals surface area contributed by atoms with Crippen LogP contribution in [-0.4, -0.2) is 16.8 Å². The molecule has 0 aliphatic rings. The van der Waals surface area contributed by atoms with Crippen molar-refractivity contribution in [1.82, 2.24) is 4.90 Å². The highest BCUT2D eigenvalue weighted by atomic mass is 35.5. The number of halogens is 1. The van der Waals surface area contributed by atoms with Gasteiger partial charge in [0.2, 0.25) is 5.91 Å². The zero-order valence-corrected chi connectivity index (χ0v) is 17.5. The Balaban J connectivity index is 1.69. The van der Waals surface area contributed by atoms with E-state index in [0.29, 0.717) is 13.2 Å². The zero-order chi connectivity index (χ0) is 20.6. The third-order valence-electron chi connectivity index (χ3n) is 4.72. The van der Waals surface area contributed by atoms with Gasteiger partial charge in [0.1, 0.15) is 17.7 Å². The van der Waals surface area contributed by atoms with Gasteiger partial charge in [-0.2, -0.15) is 0 Å². The lowest BCUT2D eigenvalue weighted by molar-refractivity contribution is -0.133. The molecule has 0 aliphatic heterocycles. The first-order chi connectivity index (χ1) is 14.0. The lowest BCUT2D eigenvalue weighted by Crippen LogP contribution is -2.38. The van der Waals surface area contributed by atoms with Crippen LogP contribution in [0.5, 0.6) is 5.75 Å². The number of ether oxygens (including phenoxy) is 1. The van der Waals surface area contributed by atoms with Gasteiger partial charge in [-0.1, -0.05) is 72.8 Å². The molecule has 29 heavy (non-hydrogen) atoms. The molecular formula is C25H26ClNO2. The minimum absolute atomic E-state index is 0.0290. The van der Waals surface area contributed by atoms with Gasteiger partial charge in [0, 0.05) is 12.6 Å². The first-order valence-corrected chi connectivity index (χ1v) is 10.2. The molecule has 3 nitrogen and oxygen atoms in total. The third kappa shape index (κ3) is 5.85. The van der Waals surface area contributed by atoms with Crippen LogP contribution in [0.4, 0.5) is 0 Å². The Bertz CT molecular complexity index is 912. The summed E-state index contributed by atoms with van der Waals surface area (Å²) in [7, 11) is 0. The fourth-order valence-electron chi connectivity index (χ4n) is 3.10. The van der Waals surface area contributed by atoms with Crippen molar-refractivity contribution in [2.45, 2.75) is 38.4 Å². The van der Waals surface area contributed by atoms with Crippen LogP contribution in [-0.2, 0) is 17.9 Å². The number of alkyl halides is 1. The van der Waals surface area contributed by atoms with Crippen molar-refractivity contribution in [3.05, 3.63) is 102 Å². The molecule has 150 valence electrons. The van der Waals surface area contributed by atoms with Crippen molar-refractivity contribution in [2.75, 3.05) is 0 Å². The third-order valence-corrected chi connectivity index (χ3v) is 5.15. The summed E-state index contributed by atoms with van der Waals surface area (Å²) in [5.74, 6) is 0.691. The van der Waals surface area contributed by atoms with Crippen LogP contribution in [0.1, 0.15) is 35.9 Å². The smallest absolute Gasteiger partial charge is 0.245 e. The fourth-order valence-corrected chi connectivity index (χ4v) is 3.37. The Labute approximate surface area is 177 Å². The number of nitrogens with zero attached hydrogens (tertiary/aromatic N) is 1. The Morgan fingerprint density at radius 3 is 2.17 bits per heavy atom. The quantitative estimate of drug-likeness (QED) is 0.429. The Morgan fingerprint density at radius 1 is 0.897 bits per heavy atom. The molecule has 0 saturated carbocycles. The highest BCUT2D eigenvalue weighted by molar-refractivity contribution is 6.30. The lowest BCUT2D eigenvalue weighted by Gasteiger charge is -2.29. The van der Waals surface area contributed by atoms with Gasteiger partial charge in [-0.3, -0.25) is 4.79 Å². The topological polar surface area (TPSA) is 29.5 Å². The molecule has 0 bridgehead atoms. The average molecular weight is 408 g/mol. The number of rotatable bonds is 8. The molecule has 0 spiro atoms. The summed E-state index contributed by atoms with van der Waals surface area (Å²) in [5.41, 5.74) is 2.93. The van der Waals surface area contributed by atoms with Crippen LogP contribution in [0.15, 0.2) is 84.9 Å². The second kappa shape index (κ2) is 10.1. The van der Waals surface area contributed by atoms with E-state index in [1.807, 2.05) is 98.8 Å². The number of hydrogen-bond donors (Lipinski definition) is 0. The molecule has 0 heterocycles. The zero-order valence-electron chi connectivity index (χ0n) is 16.8. The molecule has 0 fully saturated rings. The average Bonchev–Trinajstić information content (AvgIpc) is 2.76. The molecule has 0 N–H and O–H groups in total. The molecule has 0 aliphatic carbocycles. The van der Waals surface area contributed by atoms with Gasteiger partial charge in [0.25, 0.3) is 0 Å². The summed E-state index contributed by atoms with van der Waals surface area (Å²) < 4.78 is 5.92. The maximum Gasteiger partial charge on any atom is 0.245 e. The van der Waals surface area contributed by atoms with Gasteiger partial charge in [-0.25, -0.2) is 0 Å². The predicted octanol–water partition coefficient (Wildman–Crippen LogP) is 5.98. The van der Waals surface area contributed by atoms with Gasteiger partial charge in [-0.05, 0) is 42.7 Å². The molecule has 1 amide bonds. The van der Waals surface area contributed by atoms with Crippen LogP contribution in [0.3, 0.4) is 0 Å². The van der Waals surface area contributed by atoms with Gasteiger partial charge in [-0.15, -0.1) is 11.6 Å². The highest BCUT2D eigenvalue weighted by Crippen LogP contribution is 2.25. The summed E-state index contributed by atoms with van der Waals surface area (Å²) in [6.07, 6.45) is 0. The van der Waals surface area contributed by atoms with Gasteiger partial charge in [0.05, 0.1) is 0 Å². The summed E-state index contributed by atoms with van der Waals surface area (Å²) in [6.45, 7) is 4.99. The van der Waals surface area contributed by atoms with Gasteiger partial charge in [0.15, 0.2) is 0 Å². The molecule has 4 heteroatoms. The molecular weight excluding hydrogens is 382 g/mol. The first-order valence-electron chi connectivity index (χ1n) is 9.80. The van der Waals surface area contributed by atoms with E-state index >= 15 is 0 Å². The largest absolute Gasteiger partial charge is 0.489 e. The van der Waals surface area contributed by atoms with E-state index in [9.17, 15) is 4.79 Å². The number of benzene rings is 3. The Kier molecular flexibility index (Phi) is 7.31. The second-order valence-electron chi connectivity index (χ2n) is 7.25. The minimum Gasteiger partial charge on any atom is -0.489 e. The molecule has 0 radical (unpaired) electrons. The maximum absolute atomic E-state index is 13.0. The highest BCUT2D eigenvalue weighted by Gasteiger charge is 2.26. The number of carbonyl (C=O) groups is 1. The number of carbonyl (C=O) groups excluding carboxylic acids is 1. The Hall–Kier alpha value is -2.78. The SMILES string of the molecule is CC(C)N(Cc1cccc(OCc2ccccc2)c1)C(=O)C(Cl)c1ccccc1. The van der Waals surface area contributed by atoms with E-state index in [2.05, 4.69) is 0 Å². The summed E-state index contributed by atoms with van der Waals surface area (Å²) in [4.78, 5) is 14.9. The van der Waals surface area contributed by atoms with E-state index in [0.717, 1.165) is 22.4 Å². The molecule has 3 aromatic carbocycles. The van der Waals surface area contributed by atoms with E-state index in [-0.39, 0.29) is 11.9 Å². The van der Waals surface area contributed by atoms with E-state index < -0.39 is 5.38 Å². The van der Waals surface area contributed by atoms with Crippen molar-refractivity contribution >= 4 is 17.5 Å². The minimum atomic E-state index is -0.698. The molecule has 1 unspecified atom stereocenters. The van der Waals surface area contributed by atoms with Crippen LogP contribution >= 0.6 is 11.6 Å². The normalized spacial score (nSPS) is 11.9. The molecule has 1 atom stereocenters. The summed E-state index contributed by atoms with van der Waals surface area (Å²) >= 11 is 6.49. The molecule has 3 aromatic rings. The monoisotopic (exact) mass is 407 g/mol. The standard InChI is InChI=1S/C25H26ClNO2/c1-19(2)27(25(28)24(26)22-13-7-4-8-14-22)17-21-12-9-15-23(16-21)29-18-20-10-5-3-6-11-20/h3-16,19,24H,17-18H2,1-2H3. The van der Waals surface area contributed by atoms with Gasteiger partial charge < -0.3 is 9.64 Å². The molecule has 0 aromatic heterocycles. The van der Waals surface area contributed by atoms with Crippen LogP contribution in [0.2, 0.25) is 0 Å². The first kappa shape index (κ1) is 20.9. The molecule has 0 saturated heterocycles. The van der Waals surface area contributed by atoms with Crippen LogP contribution < -0.4 is 4.74 Å². The van der Waals surface area contributed by atoms with E-state index in [1.54, 1.807) is 4.90 Å². The predicted molar refractivity (Wildman–Crippen MR) is 118 cm³/mol. The van der Waals surface area contributed by atoms with Gasteiger partial charge >= 0.3 is 0 Å². The number of amides is 1. The summed E-state index contributed by atoms with van der Waals surface area (Å²) in [6, 6.07) is 27.4. The van der Waals surface area contributed by atoms with Crippen molar-refractivity contribution in [3.63, 3.8) is 0 Å². The van der Waals surface area contributed by atoms with Crippen LogP contribution in [0.25, 0.3) is 0 Å². The number of hydrogen-bond acceptors (Lipinski definition) is 2. The van der Waals surface area contributed by atoms with Crippen molar-refractivity contribution in [2.24, 2.45) is 0 Å². The Morgan fingerprint density at radius 2 is 1.52 bits per heavy atom. The lowest BCUT2D eigenvalue weighted by atomic mass is 10.1. The van der Waals surface area contributed by atoms with Crippen LogP contribution in [0, 0.1) is 0 Å². The van der Waals surface area contributed by atoms with Crippen molar-refractivity contribution in [1.29, 1.82) is 0 Å². The van der Waals surface area contributed by atoms with E-state index in [4.69, 9.17) is 16.3 Å². The summed E-state index contributed by atoms with van der Waals surface area (Å²) in [5, 5.41) is -0.698. The van der Waals surface area contributed by atoms with Crippen molar-refractivity contribution < 1.29 is 9.53 Å².